The summed E-state index contributed by atoms with van der Waals surface area (Å²) in [6.45, 7) is 9.63. The van der Waals surface area contributed by atoms with Crippen molar-refractivity contribution in [2.75, 3.05) is 39.3 Å². The van der Waals surface area contributed by atoms with E-state index in [0.717, 1.165) is 55.1 Å². The van der Waals surface area contributed by atoms with E-state index in [-0.39, 0.29) is 24.0 Å². The molecule has 0 unspecified atom stereocenters. The van der Waals surface area contributed by atoms with Crippen LogP contribution in [0.5, 0.6) is 5.75 Å². The summed E-state index contributed by atoms with van der Waals surface area (Å²) in [7, 11) is 0. The minimum atomic E-state index is -1.29. The van der Waals surface area contributed by atoms with Crippen molar-refractivity contribution in [3.8, 4) is 5.75 Å². The first-order valence-corrected chi connectivity index (χ1v) is 14.1. The summed E-state index contributed by atoms with van der Waals surface area (Å²) in [6.07, 6.45) is 3.60. The molecule has 9 nitrogen and oxygen atoms in total. The van der Waals surface area contributed by atoms with E-state index in [1.807, 2.05) is 45.0 Å². The zero-order valence-corrected chi connectivity index (χ0v) is 23.3. The zero-order valence-electron chi connectivity index (χ0n) is 22.4. The molecule has 10 heteroatoms. The highest BCUT2D eigenvalue weighted by molar-refractivity contribution is 7.09. The van der Waals surface area contributed by atoms with Crippen LogP contribution < -0.4 is 10.1 Å². The minimum absolute atomic E-state index is 0.188. The molecule has 2 aliphatic rings. The van der Waals surface area contributed by atoms with Gasteiger partial charge in [-0.1, -0.05) is 20.8 Å². The van der Waals surface area contributed by atoms with Crippen LogP contribution >= 0.6 is 11.3 Å². The van der Waals surface area contributed by atoms with Crippen LogP contribution in [0.3, 0.4) is 0 Å². The van der Waals surface area contributed by atoms with E-state index in [2.05, 4.69) is 15.2 Å². The molecular formula is C28H38N4O5S. The molecular weight excluding hydrogens is 504 g/mol. The molecule has 0 radical (unpaired) electrons. The fourth-order valence-electron chi connectivity index (χ4n) is 4.94. The second-order valence-electron chi connectivity index (χ2n) is 11.2. The number of rotatable bonds is 11. The molecule has 1 aliphatic carbocycles. The van der Waals surface area contributed by atoms with Gasteiger partial charge in [-0.25, -0.2) is 4.79 Å². The van der Waals surface area contributed by atoms with Gasteiger partial charge in [0.2, 0.25) is 5.91 Å². The van der Waals surface area contributed by atoms with Gasteiger partial charge < -0.3 is 20.1 Å². The molecule has 38 heavy (non-hydrogen) atoms. The topological polar surface area (TPSA) is 112 Å². The van der Waals surface area contributed by atoms with Gasteiger partial charge in [0.15, 0.2) is 5.78 Å². The normalized spacial score (nSPS) is 18.0. The maximum Gasteiger partial charge on any atom is 0.405 e. The Labute approximate surface area is 228 Å². The third kappa shape index (κ3) is 6.71. The number of nitrogens with zero attached hydrogens (tertiary/aromatic N) is 3. The van der Waals surface area contributed by atoms with E-state index in [1.165, 1.54) is 11.3 Å². The number of nitrogens with one attached hydrogen (secondary N) is 1. The Bertz CT molecular complexity index is 1100. The largest absolute Gasteiger partial charge is 0.494 e. The maximum absolute atomic E-state index is 13.9. The Hall–Kier alpha value is -2.98. The smallest absolute Gasteiger partial charge is 0.405 e. The highest BCUT2D eigenvalue weighted by Crippen LogP contribution is 2.37. The van der Waals surface area contributed by atoms with Crippen LogP contribution in [0, 0.1) is 11.3 Å². The lowest BCUT2D eigenvalue weighted by atomic mass is 9.70. The molecule has 2 N–H and O–H groups in total. The van der Waals surface area contributed by atoms with Crippen molar-refractivity contribution >= 4 is 29.1 Å². The number of hydrogen-bond acceptors (Lipinski definition) is 7. The lowest BCUT2D eigenvalue weighted by Gasteiger charge is -2.47. The van der Waals surface area contributed by atoms with Gasteiger partial charge >= 0.3 is 6.09 Å². The summed E-state index contributed by atoms with van der Waals surface area (Å²) in [5.41, 5.74) is 0.514. The Morgan fingerprint density at radius 3 is 2.34 bits per heavy atom. The van der Waals surface area contributed by atoms with E-state index in [0.29, 0.717) is 19.7 Å². The van der Waals surface area contributed by atoms with Gasteiger partial charge in [0.05, 0.1) is 12.1 Å². The fourth-order valence-corrected chi connectivity index (χ4v) is 5.62. The van der Waals surface area contributed by atoms with E-state index < -0.39 is 17.0 Å². The van der Waals surface area contributed by atoms with Crippen LogP contribution in [0.2, 0.25) is 0 Å². The van der Waals surface area contributed by atoms with Gasteiger partial charge in [-0.15, -0.1) is 11.3 Å². The standard InChI is InChI=1S/C28H38N4O5S/c1-27(2,3)28(30-26(35)36,17-23-18-29-19-38-23)25(34)32-14-12-31(13-15-32)11-4-16-37-22-9-7-21(8-10-22)24(33)20-5-6-20/h7-10,18-20,30H,4-6,11-17H2,1-3H3,(H,35,36)/t28-/m0/s1. The van der Waals surface area contributed by atoms with Gasteiger partial charge in [0.1, 0.15) is 11.3 Å². The van der Waals surface area contributed by atoms with Crippen LogP contribution in [0.25, 0.3) is 0 Å². The molecule has 2 amide bonds. The number of aromatic nitrogens is 1. The quantitative estimate of drug-likeness (QED) is 0.327. The van der Waals surface area contributed by atoms with Crippen molar-refractivity contribution in [2.24, 2.45) is 11.3 Å². The Kier molecular flexibility index (Phi) is 8.72. The second kappa shape index (κ2) is 11.8. The Balaban J connectivity index is 1.27. The number of benzene rings is 1. The molecule has 2 fully saturated rings. The molecule has 1 saturated heterocycles. The van der Waals surface area contributed by atoms with Crippen molar-refractivity contribution in [3.05, 3.63) is 46.4 Å². The number of hydrogen-bond donors (Lipinski definition) is 2. The number of thiazole rings is 1. The number of carboxylic acid groups (broad SMARTS) is 1. The van der Waals surface area contributed by atoms with Gasteiger partial charge in [-0.05, 0) is 48.9 Å². The first-order valence-electron chi connectivity index (χ1n) is 13.3. The molecule has 1 aromatic heterocycles. The van der Waals surface area contributed by atoms with Crippen molar-refractivity contribution in [1.82, 2.24) is 20.1 Å². The number of piperazine rings is 1. The van der Waals surface area contributed by atoms with Gasteiger partial charge in [0, 0.05) is 61.7 Å². The lowest BCUT2D eigenvalue weighted by molar-refractivity contribution is -0.144. The molecule has 0 spiro atoms. The molecule has 1 atom stereocenters. The van der Waals surface area contributed by atoms with E-state index in [1.54, 1.807) is 16.6 Å². The van der Waals surface area contributed by atoms with Crippen LogP contribution in [0.1, 0.15) is 55.3 Å². The van der Waals surface area contributed by atoms with Gasteiger partial charge in [-0.3, -0.25) is 19.5 Å². The van der Waals surface area contributed by atoms with Crippen molar-refractivity contribution in [2.45, 2.75) is 52.0 Å². The SMILES string of the molecule is CC(C)(C)[C@@](Cc1cncs1)(NC(=O)O)C(=O)N1CCN(CCCOc2ccc(C(=O)C3CC3)cc2)CC1. The highest BCUT2D eigenvalue weighted by atomic mass is 32.1. The van der Waals surface area contributed by atoms with Crippen LogP contribution in [0.15, 0.2) is 36.0 Å². The van der Waals surface area contributed by atoms with E-state index in [9.17, 15) is 19.5 Å². The Morgan fingerprint density at radius 1 is 1.11 bits per heavy atom. The summed E-state index contributed by atoms with van der Waals surface area (Å²) in [4.78, 5) is 46.9. The summed E-state index contributed by atoms with van der Waals surface area (Å²) in [5.74, 6) is 1.02. The molecule has 2 aromatic rings. The molecule has 0 bridgehead atoms. The molecule has 2 heterocycles. The fraction of sp³-hybridized carbons (Fsp3) is 0.571. The number of carbonyl (C=O) groups is 3. The number of ether oxygens (including phenoxy) is 1. The molecule has 206 valence electrons. The predicted octanol–water partition coefficient (Wildman–Crippen LogP) is 3.94. The molecule has 1 aromatic carbocycles. The summed E-state index contributed by atoms with van der Waals surface area (Å²) >= 11 is 1.42. The molecule has 1 aliphatic heterocycles. The van der Waals surface area contributed by atoms with Gasteiger partial charge in [-0.2, -0.15) is 0 Å². The van der Waals surface area contributed by atoms with E-state index in [4.69, 9.17) is 4.74 Å². The van der Waals surface area contributed by atoms with Gasteiger partial charge in [0.25, 0.3) is 0 Å². The number of Topliss-reactive ketones (excluding diaryl/α,β-unsaturated/α-hetero) is 1. The molecule has 4 rings (SSSR count). The average molecular weight is 543 g/mol. The highest BCUT2D eigenvalue weighted by Gasteiger charge is 2.52. The average Bonchev–Trinajstić information content (AvgIpc) is 3.61. The van der Waals surface area contributed by atoms with Crippen LogP contribution in [-0.4, -0.2) is 82.5 Å². The molecule has 1 saturated carbocycles. The first-order chi connectivity index (χ1) is 18.1. The summed E-state index contributed by atoms with van der Waals surface area (Å²) < 4.78 is 5.87. The third-order valence-electron chi connectivity index (χ3n) is 7.52. The number of carbonyl (C=O) groups excluding carboxylic acids is 2. The minimum Gasteiger partial charge on any atom is -0.494 e. The summed E-state index contributed by atoms with van der Waals surface area (Å²) in [6, 6.07) is 7.41. The number of ketones is 1. The van der Waals surface area contributed by atoms with E-state index >= 15 is 0 Å². The number of amides is 2. The maximum atomic E-state index is 13.9. The van der Waals surface area contributed by atoms with Crippen LogP contribution in [-0.2, 0) is 11.2 Å². The summed E-state index contributed by atoms with van der Waals surface area (Å²) in [5, 5.41) is 12.3. The second-order valence-corrected chi connectivity index (χ2v) is 12.2. The monoisotopic (exact) mass is 542 g/mol. The lowest BCUT2D eigenvalue weighted by Crippen LogP contribution is -2.68. The Morgan fingerprint density at radius 2 is 1.79 bits per heavy atom. The van der Waals surface area contributed by atoms with Crippen molar-refractivity contribution in [1.29, 1.82) is 0 Å². The van der Waals surface area contributed by atoms with Crippen molar-refractivity contribution in [3.63, 3.8) is 0 Å². The first kappa shape index (κ1) is 28.0. The zero-order chi connectivity index (χ0) is 27.3. The third-order valence-corrected chi connectivity index (χ3v) is 8.30. The van der Waals surface area contributed by atoms with Crippen LogP contribution in [0.4, 0.5) is 4.79 Å². The predicted molar refractivity (Wildman–Crippen MR) is 146 cm³/mol. The van der Waals surface area contributed by atoms with Crippen molar-refractivity contribution < 1.29 is 24.2 Å².